The Labute approximate surface area is 127 Å². The number of hydrogen-bond donors (Lipinski definition) is 2. The van der Waals surface area contributed by atoms with E-state index in [1.807, 2.05) is 24.3 Å². The fourth-order valence-electron chi connectivity index (χ4n) is 2.58. The van der Waals surface area contributed by atoms with Crippen LogP contribution in [0.5, 0.6) is 0 Å². The van der Waals surface area contributed by atoms with Crippen molar-refractivity contribution < 1.29 is 8.42 Å². The van der Waals surface area contributed by atoms with Gasteiger partial charge >= 0.3 is 10.2 Å². The summed E-state index contributed by atoms with van der Waals surface area (Å²) in [5.41, 5.74) is 1.77. The Morgan fingerprint density at radius 1 is 1.14 bits per heavy atom. The predicted octanol–water partition coefficient (Wildman–Crippen LogP) is 2.50. The first-order valence-electron chi connectivity index (χ1n) is 7.64. The molecule has 1 aliphatic rings. The normalized spacial score (nSPS) is 18.4. The molecule has 0 amide bonds. The Bertz CT molecular complexity index is 537. The third-order valence-electron chi connectivity index (χ3n) is 3.82. The molecule has 2 rings (SSSR count). The average Bonchev–Trinajstić information content (AvgIpc) is 2.49. The van der Waals surface area contributed by atoms with Crippen molar-refractivity contribution in [1.82, 2.24) is 9.62 Å². The van der Waals surface area contributed by atoms with Gasteiger partial charge in [0.1, 0.15) is 0 Å². The van der Waals surface area contributed by atoms with E-state index in [0.717, 1.165) is 31.4 Å². The minimum absolute atomic E-state index is 0.266. The Morgan fingerprint density at radius 2 is 1.76 bits per heavy atom. The van der Waals surface area contributed by atoms with E-state index < -0.39 is 10.2 Å². The summed E-state index contributed by atoms with van der Waals surface area (Å²) in [5.74, 6) is 0. The van der Waals surface area contributed by atoms with Crippen LogP contribution in [-0.4, -0.2) is 32.4 Å². The first-order chi connectivity index (χ1) is 10.0. The van der Waals surface area contributed by atoms with Gasteiger partial charge in [-0.3, -0.25) is 4.72 Å². The van der Waals surface area contributed by atoms with Crippen LogP contribution in [-0.2, 0) is 10.2 Å². The van der Waals surface area contributed by atoms with Gasteiger partial charge in [-0.15, -0.1) is 0 Å². The van der Waals surface area contributed by atoms with Crippen molar-refractivity contribution in [2.45, 2.75) is 39.2 Å². The van der Waals surface area contributed by atoms with Crippen LogP contribution in [0.2, 0.25) is 0 Å². The Hall–Kier alpha value is -1.11. The Balaban J connectivity index is 2.02. The second kappa shape index (κ2) is 7.24. The summed E-state index contributed by atoms with van der Waals surface area (Å²) < 4.78 is 28.8. The van der Waals surface area contributed by atoms with Crippen molar-refractivity contribution in [3.63, 3.8) is 0 Å². The lowest BCUT2D eigenvalue weighted by atomic mass is 10.1. The van der Waals surface area contributed by atoms with Crippen LogP contribution in [0.15, 0.2) is 24.3 Å². The van der Waals surface area contributed by atoms with Crippen molar-refractivity contribution in [3.8, 4) is 0 Å². The minimum atomic E-state index is -3.41. The largest absolute Gasteiger partial charge is 0.310 e. The van der Waals surface area contributed by atoms with Gasteiger partial charge in [0.15, 0.2) is 0 Å². The second-order valence-corrected chi connectivity index (χ2v) is 7.14. The molecule has 0 aliphatic carbocycles. The van der Waals surface area contributed by atoms with Gasteiger partial charge in [-0.25, -0.2) is 0 Å². The van der Waals surface area contributed by atoms with Crippen molar-refractivity contribution in [2.75, 3.05) is 24.4 Å². The van der Waals surface area contributed by atoms with Crippen LogP contribution in [0.4, 0.5) is 5.69 Å². The molecule has 0 aromatic heterocycles. The summed E-state index contributed by atoms with van der Waals surface area (Å²) in [5, 5.41) is 3.33. The number of piperidine rings is 1. The van der Waals surface area contributed by atoms with E-state index in [4.69, 9.17) is 0 Å². The molecular formula is C15H25N3O2S. The SMILES string of the molecule is CCNC(C)c1ccc(NS(=O)(=O)N2CCCCC2)cc1. The number of hydrogen-bond acceptors (Lipinski definition) is 3. The van der Waals surface area contributed by atoms with E-state index in [1.54, 1.807) is 0 Å². The zero-order valence-corrected chi connectivity index (χ0v) is 13.6. The molecule has 21 heavy (non-hydrogen) atoms. The van der Waals surface area contributed by atoms with E-state index in [2.05, 4.69) is 23.9 Å². The van der Waals surface area contributed by atoms with Gasteiger partial charge in [0.25, 0.3) is 0 Å². The van der Waals surface area contributed by atoms with Crippen molar-refractivity contribution in [1.29, 1.82) is 0 Å². The van der Waals surface area contributed by atoms with Crippen LogP contribution < -0.4 is 10.0 Å². The van der Waals surface area contributed by atoms with Crippen LogP contribution in [0.25, 0.3) is 0 Å². The highest BCUT2D eigenvalue weighted by atomic mass is 32.2. The summed E-state index contributed by atoms with van der Waals surface area (Å²) in [6, 6.07) is 7.83. The molecule has 1 fully saturated rings. The highest BCUT2D eigenvalue weighted by molar-refractivity contribution is 7.90. The Morgan fingerprint density at radius 3 is 2.33 bits per heavy atom. The van der Waals surface area contributed by atoms with Gasteiger partial charge in [-0.05, 0) is 44.0 Å². The molecule has 1 aromatic carbocycles. The molecular weight excluding hydrogens is 286 g/mol. The molecule has 1 aromatic rings. The maximum absolute atomic E-state index is 12.3. The molecule has 6 heteroatoms. The second-order valence-electron chi connectivity index (χ2n) is 5.47. The number of nitrogens with one attached hydrogen (secondary N) is 2. The quantitative estimate of drug-likeness (QED) is 0.848. The smallest absolute Gasteiger partial charge is 0.301 e. The lowest BCUT2D eigenvalue weighted by Crippen LogP contribution is -2.39. The van der Waals surface area contributed by atoms with E-state index in [-0.39, 0.29) is 6.04 Å². The van der Waals surface area contributed by atoms with E-state index in [1.165, 1.54) is 4.31 Å². The van der Waals surface area contributed by atoms with Crippen LogP contribution in [0.3, 0.4) is 0 Å². The standard InChI is InChI=1S/C15H25N3O2S/c1-3-16-13(2)14-7-9-15(10-8-14)17-21(19,20)18-11-5-4-6-12-18/h7-10,13,16-17H,3-6,11-12H2,1-2H3. The van der Waals surface area contributed by atoms with E-state index >= 15 is 0 Å². The fraction of sp³-hybridized carbons (Fsp3) is 0.600. The lowest BCUT2D eigenvalue weighted by molar-refractivity contribution is 0.349. The highest BCUT2D eigenvalue weighted by Gasteiger charge is 2.23. The molecule has 1 atom stereocenters. The molecule has 5 nitrogen and oxygen atoms in total. The topological polar surface area (TPSA) is 61.4 Å². The summed E-state index contributed by atoms with van der Waals surface area (Å²) >= 11 is 0. The maximum Gasteiger partial charge on any atom is 0.301 e. The first kappa shape index (κ1) is 16.3. The molecule has 1 heterocycles. The zero-order valence-electron chi connectivity index (χ0n) is 12.8. The molecule has 0 spiro atoms. The first-order valence-corrected chi connectivity index (χ1v) is 9.08. The molecule has 0 saturated carbocycles. The maximum atomic E-state index is 12.3. The third kappa shape index (κ3) is 4.43. The van der Waals surface area contributed by atoms with Crippen LogP contribution >= 0.6 is 0 Å². The van der Waals surface area contributed by atoms with Gasteiger partial charge in [0.2, 0.25) is 0 Å². The monoisotopic (exact) mass is 311 g/mol. The number of nitrogens with zero attached hydrogens (tertiary/aromatic N) is 1. The van der Waals surface area contributed by atoms with E-state index in [0.29, 0.717) is 18.8 Å². The van der Waals surface area contributed by atoms with Crippen molar-refractivity contribution in [3.05, 3.63) is 29.8 Å². The van der Waals surface area contributed by atoms with Gasteiger partial charge in [-0.2, -0.15) is 12.7 Å². The fourth-order valence-corrected chi connectivity index (χ4v) is 3.88. The minimum Gasteiger partial charge on any atom is -0.310 e. The molecule has 2 N–H and O–H groups in total. The summed E-state index contributed by atoms with van der Waals surface area (Å²) in [6.45, 7) is 6.30. The summed E-state index contributed by atoms with van der Waals surface area (Å²) in [4.78, 5) is 0. The van der Waals surface area contributed by atoms with Gasteiger partial charge < -0.3 is 5.32 Å². The van der Waals surface area contributed by atoms with Gasteiger partial charge in [-0.1, -0.05) is 25.5 Å². The van der Waals surface area contributed by atoms with E-state index in [9.17, 15) is 8.42 Å². The number of benzene rings is 1. The average molecular weight is 311 g/mol. The van der Waals surface area contributed by atoms with Gasteiger partial charge in [0.05, 0.1) is 0 Å². The van der Waals surface area contributed by atoms with Crippen LogP contribution in [0.1, 0.15) is 44.7 Å². The van der Waals surface area contributed by atoms with Crippen molar-refractivity contribution >= 4 is 15.9 Å². The molecule has 118 valence electrons. The molecule has 1 aliphatic heterocycles. The summed E-state index contributed by atoms with van der Waals surface area (Å²) in [7, 11) is -3.41. The Kier molecular flexibility index (Phi) is 5.61. The lowest BCUT2D eigenvalue weighted by Gasteiger charge is -2.26. The zero-order chi connectivity index (χ0) is 15.3. The van der Waals surface area contributed by atoms with Crippen molar-refractivity contribution in [2.24, 2.45) is 0 Å². The van der Waals surface area contributed by atoms with Gasteiger partial charge in [0, 0.05) is 24.8 Å². The third-order valence-corrected chi connectivity index (χ3v) is 5.36. The highest BCUT2D eigenvalue weighted by Crippen LogP contribution is 2.19. The molecule has 0 radical (unpaired) electrons. The number of rotatable bonds is 6. The predicted molar refractivity (Wildman–Crippen MR) is 86.5 cm³/mol. The van der Waals surface area contributed by atoms with Crippen LogP contribution in [0, 0.1) is 0 Å². The summed E-state index contributed by atoms with van der Waals surface area (Å²) in [6.07, 6.45) is 3.00. The number of anilines is 1. The molecule has 0 bridgehead atoms. The molecule has 1 unspecified atom stereocenters. The molecule has 1 saturated heterocycles.